The predicted molar refractivity (Wildman–Crippen MR) is 106 cm³/mol. The van der Waals surface area contributed by atoms with E-state index in [4.69, 9.17) is 11.6 Å². The summed E-state index contributed by atoms with van der Waals surface area (Å²) in [5.74, 6) is 0.804. The number of halogens is 1. The summed E-state index contributed by atoms with van der Waals surface area (Å²) in [5.41, 5.74) is 3.85. The van der Waals surface area contributed by atoms with Crippen LogP contribution in [0, 0.1) is 6.92 Å². The minimum Gasteiger partial charge on any atom is -0.304 e. The molecule has 3 aromatic rings. The summed E-state index contributed by atoms with van der Waals surface area (Å²) in [4.78, 5) is 18.9. The maximum atomic E-state index is 13.1. The molecule has 1 aliphatic rings. The summed E-state index contributed by atoms with van der Waals surface area (Å²) in [6.07, 6.45) is 4.10. The highest BCUT2D eigenvalue weighted by atomic mass is 35.5. The highest BCUT2D eigenvalue weighted by Gasteiger charge is 2.31. The lowest BCUT2D eigenvalue weighted by Crippen LogP contribution is -2.56. The number of carbonyl (C=O) groups excluding carboxylic acids is 1. The molecule has 1 atom stereocenters. The first-order valence-electron chi connectivity index (χ1n) is 8.88. The number of pyridine rings is 1. The first kappa shape index (κ1) is 17.7. The Balaban J connectivity index is 1.56. The van der Waals surface area contributed by atoms with Gasteiger partial charge in [-0.25, -0.2) is 0 Å². The molecule has 0 aliphatic carbocycles. The summed E-state index contributed by atoms with van der Waals surface area (Å²) in [6.45, 7) is 3.32. The van der Waals surface area contributed by atoms with Gasteiger partial charge in [-0.3, -0.25) is 19.8 Å². The van der Waals surface area contributed by atoms with Crippen LogP contribution in [0.4, 0.5) is 5.82 Å². The number of hydrogen-bond donors (Lipinski definition) is 2. The number of H-pyrrole nitrogens is 1. The molecule has 0 spiro atoms. The van der Waals surface area contributed by atoms with E-state index in [0.717, 1.165) is 34.7 Å². The molecule has 27 heavy (non-hydrogen) atoms. The Morgan fingerprint density at radius 3 is 2.67 bits per heavy atom. The number of amides is 1. The largest absolute Gasteiger partial charge is 0.304 e. The van der Waals surface area contributed by atoms with Crippen molar-refractivity contribution in [1.82, 2.24) is 20.5 Å². The van der Waals surface area contributed by atoms with Crippen LogP contribution in [0.25, 0.3) is 11.3 Å². The number of nitrogens with one attached hydrogen (secondary N) is 2. The number of hydrogen-bond acceptors (Lipinski definition) is 4. The average molecular weight is 382 g/mol. The fourth-order valence-corrected chi connectivity index (χ4v) is 3.54. The number of benzene rings is 1. The third-order valence-electron chi connectivity index (χ3n) is 4.85. The Labute approximate surface area is 162 Å². The normalized spacial score (nSPS) is 17.3. The van der Waals surface area contributed by atoms with Gasteiger partial charge in [-0.1, -0.05) is 23.7 Å². The molecule has 1 saturated heterocycles. The predicted octanol–water partition coefficient (Wildman–Crippen LogP) is 2.98. The van der Waals surface area contributed by atoms with E-state index in [9.17, 15) is 4.79 Å². The molecule has 4 rings (SSSR count). The molecule has 1 aromatic carbocycles. The van der Waals surface area contributed by atoms with Crippen LogP contribution in [0.1, 0.15) is 11.1 Å². The van der Waals surface area contributed by atoms with Gasteiger partial charge in [0.2, 0.25) is 5.91 Å². The van der Waals surface area contributed by atoms with Crippen LogP contribution in [-0.4, -0.2) is 40.2 Å². The van der Waals surface area contributed by atoms with Gasteiger partial charge in [0.1, 0.15) is 5.82 Å². The van der Waals surface area contributed by atoms with E-state index >= 15 is 0 Å². The van der Waals surface area contributed by atoms with Crippen molar-refractivity contribution in [3.8, 4) is 11.3 Å². The summed E-state index contributed by atoms with van der Waals surface area (Å²) >= 11 is 5.95. The molecule has 2 aromatic heterocycles. The van der Waals surface area contributed by atoms with E-state index in [1.807, 2.05) is 43.3 Å². The van der Waals surface area contributed by atoms with Crippen LogP contribution >= 0.6 is 11.6 Å². The Morgan fingerprint density at radius 1 is 1.19 bits per heavy atom. The maximum absolute atomic E-state index is 13.1. The van der Waals surface area contributed by atoms with Crippen molar-refractivity contribution in [3.05, 3.63) is 64.9 Å². The number of carbonyl (C=O) groups is 1. The lowest BCUT2D eigenvalue weighted by atomic mass is 10.0. The molecule has 138 valence electrons. The molecule has 1 aliphatic heterocycles. The fraction of sp³-hybridized carbons (Fsp3) is 0.250. The second-order valence-corrected chi connectivity index (χ2v) is 7.05. The van der Waals surface area contributed by atoms with Crippen LogP contribution in [0.15, 0.2) is 48.8 Å². The number of piperazine rings is 1. The Bertz CT molecular complexity index is 939. The van der Waals surface area contributed by atoms with Crippen molar-refractivity contribution in [3.63, 3.8) is 0 Å². The van der Waals surface area contributed by atoms with Crippen molar-refractivity contribution < 1.29 is 4.79 Å². The highest BCUT2D eigenvalue weighted by molar-refractivity contribution is 6.30. The molecule has 0 saturated carbocycles. The second kappa shape index (κ2) is 7.50. The zero-order valence-electron chi connectivity index (χ0n) is 14.9. The quantitative estimate of drug-likeness (QED) is 0.728. The molecule has 1 fully saturated rings. The van der Waals surface area contributed by atoms with Crippen molar-refractivity contribution in [1.29, 1.82) is 0 Å². The monoisotopic (exact) mass is 381 g/mol. The molecule has 1 amide bonds. The second-order valence-electron chi connectivity index (χ2n) is 6.61. The Kier molecular flexibility index (Phi) is 4.92. The zero-order valence-corrected chi connectivity index (χ0v) is 15.7. The molecule has 0 unspecified atom stereocenters. The Morgan fingerprint density at radius 2 is 1.93 bits per heavy atom. The van der Waals surface area contributed by atoms with E-state index in [-0.39, 0.29) is 11.9 Å². The third-order valence-corrected chi connectivity index (χ3v) is 5.10. The molecule has 7 heteroatoms. The SMILES string of the molecule is Cc1c(-c2ccncc2)n[nH]c1N1CCN[C@@H](Cc2ccc(Cl)cc2)C1=O. The lowest BCUT2D eigenvalue weighted by Gasteiger charge is -2.32. The third kappa shape index (κ3) is 3.59. The maximum Gasteiger partial charge on any atom is 0.245 e. The molecular formula is C20H20ClN5O. The van der Waals surface area contributed by atoms with Gasteiger partial charge in [-0.2, -0.15) is 5.10 Å². The van der Waals surface area contributed by atoms with Gasteiger partial charge in [-0.05, 0) is 43.2 Å². The van der Waals surface area contributed by atoms with Gasteiger partial charge in [0.05, 0.1) is 11.7 Å². The molecule has 6 nitrogen and oxygen atoms in total. The van der Waals surface area contributed by atoms with Gasteiger partial charge >= 0.3 is 0 Å². The topological polar surface area (TPSA) is 73.9 Å². The minimum atomic E-state index is -0.271. The lowest BCUT2D eigenvalue weighted by molar-refractivity contribution is -0.121. The van der Waals surface area contributed by atoms with Crippen LogP contribution in [0.3, 0.4) is 0 Å². The van der Waals surface area contributed by atoms with Crippen LogP contribution in [-0.2, 0) is 11.2 Å². The van der Waals surface area contributed by atoms with Crippen molar-refractivity contribution >= 4 is 23.3 Å². The molecule has 3 heterocycles. The molecular weight excluding hydrogens is 362 g/mol. The highest BCUT2D eigenvalue weighted by Crippen LogP contribution is 2.29. The molecule has 2 N–H and O–H groups in total. The van der Waals surface area contributed by atoms with Crippen LogP contribution < -0.4 is 10.2 Å². The first-order valence-corrected chi connectivity index (χ1v) is 9.26. The number of nitrogens with zero attached hydrogens (tertiary/aromatic N) is 3. The summed E-state index contributed by atoms with van der Waals surface area (Å²) in [7, 11) is 0. The van der Waals surface area contributed by atoms with Crippen molar-refractivity contribution in [2.45, 2.75) is 19.4 Å². The van der Waals surface area contributed by atoms with E-state index < -0.39 is 0 Å². The summed E-state index contributed by atoms with van der Waals surface area (Å²) in [5, 5.41) is 11.5. The van der Waals surface area contributed by atoms with Crippen molar-refractivity contribution in [2.24, 2.45) is 0 Å². The smallest absolute Gasteiger partial charge is 0.245 e. The zero-order chi connectivity index (χ0) is 18.8. The average Bonchev–Trinajstić information content (AvgIpc) is 3.07. The van der Waals surface area contributed by atoms with E-state index in [1.54, 1.807) is 17.3 Å². The molecule has 0 radical (unpaired) electrons. The van der Waals surface area contributed by atoms with E-state index in [1.165, 1.54) is 0 Å². The van der Waals surface area contributed by atoms with Crippen LogP contribution in [0.2, 0.25) is 5.02 Å². The Hall–Kier alpha value is -2.70. The van der Waals surface area contributed by atoms with Gasteiger partial charge in [0.25, 0.3) is 0 Å². The summed E-state index contributed by atoms with van der Waals surface area (Å²) < 4.78 is 0. The van der Waals surface area contributed by atoms with Gasteiger partial charge < -0.3 is 5.32 Å². The standard InChI is InChI=1S/C20H20ClN5O/c1-13-18(15-6-8-22-9-7-15)24-25-19(13)26-11-10-23-17(20(26)27)12-14-2-4-16(21)5-3-14/h2-9,17,23H,10-12H2,1H3,(H,24,25)/t17-/m0/s1. The number of anilines is 1. The number of rotatable bonds is 4. The van der Waals surface area contributed by atoms with Crippen LogP contribution in [0.5, 0.6) is 0 Å². The minimum absolute atomic E-state index is 0.0456. The van der Waals surface area contributed by atoms with E-state index in [0.29, 0.717) is 18.0 Å². The van der Waals surface area contributed by atoms with Gasteiger partial charge in [0, 0.05) is 41.6 Å². The first-order chi connectivity index (χ1) is 13.1. The fourth-order valence-electron chi connectivity index (χ4n) is 3.42. The summed E-state index contributed by atoms with van der Waals surface area (Å²) in [6, 6.07) is 11.2. The van der Waals surface area contributed by atoms with E-state index in [2.05, 4.69) is 20.5 Å². The number of aromatic nitrogens is 3. The molecule has 0 bridgehead atoms. The van der Waals surface area contributed by atoms with Gasteiger partial charge in [0.15, 0.2) is 0 Å². The number of aromatic amines is 1. The van der Waals surface area contributed by atoms with Crippen molar-refractivity contribution in [2.75, 3.05) is 18.0 Å². The van der Waals surface area contributed by atoms with Gasteiger partial charge in [-0.15, -0.1) is 0 Å².